The van der Waals surface area contributed by atoms with Gasteiger partial charge in [-0.2, -0.15) is 31.6 Å². The Morgan fingerprint density at radius 3 is 0.700 bits per heavy atom. The van der Waals surface area contributed by atoms with Crippen molar-refractivity contribution in [1.29, 1.82) is 5.26 Å². The van der Waals surface area contributed by atoms with Gasteiger partial charge in [0.05, 0.1) is 100 Å². The molecule has 474 valence electrons. The summed E-state index contributed by atoms with van der Waals surface area (Å²) in [6, 6.07) is 98.5. The molecule has 0 atom stereocenters. The molecule has 0 saturated carbocycles. The maximum absolute atomic E-state index is 15.3. The van der Waals surface area contributed by atoms with Crippen molar-refractivity contribution in [3.63, 3.8) is 0 Å². The summed E-state index contributed by atoms with van der Waals surface area (Å²) >= 11 is 0. The Labute approximate surface area is 564 Å². The molecule has 6 aromatic heterocycles. The first-order chi connectivity index (χ1) is 48.8. The summed E-state index contributed by atoms with van der Waals surface area (Å²) < 4.78 is 105. The highest BCUT2D eigenvalue weighted by Gasteiger charge is 2.38. The lowest BCUT2D eigenvalue weighted by atomic mass is 9.94. The molecule has 0 N–H and O–H groups in total. The minimum absolute atomic E-state index is 0.131. The number of fused-ring (bicyclic) bond motifs is 18. The average Bonchev–Trinajstić information content (AvgIpc) is 1.55. The third kappa shape index (κ3) is 8.28. The van der Waals surface area contributed by atoms with E-state index < -0.39 is 29.0 Å². The molecule has 20 aromatic rings. The molecule has 100 heavy (non-hydrogen) atoms. The first-order valence-corrected chi connectivity index (χ1v) is 32.8. The number of para-hydroxylation sites is 8. The van der Waals surface area contributed by atoms with Crippen molar-refractivity contribution in [2.24, 2.45) is 0 Å². The summed E-state index contributed by atoms with van der Waals surface area (Å²) in [4.78, 5) is 0. The summed E-state index contributed by atoms with van der Waals surface area (Å²) in [7, 11) is 0. The molecule has 0 fully saturated rings. The molecule has 0 unspecified atom stereocenters. The normalized spacial score (nSPS) is 12.5. The van der Waals surface area contributed by atoms with E-state index in [1.54, 1.807) is 12.1 Å². The Balaban J connectivity index is 0.975. The molecule has 0 bridgehead atoms. The first-order valence-electron chi connectivity index (χ1n) is 32.8. The highest BCUT2D eigenvalue weighted by molar-refractivity contribution is 6.17. The lowest BCUT2D eigenvalue weighted by Gasteiger charge is -2.21. The quantitative estimate of drug-likeness (QED) is 0.147. The number of halogens is 6. The molecular weight excluding hydrogens is 1260 g/mol. The van der Waals surface area contributed by atoms with Crippen LogP contribution in [0.15, 0.2) is 297 Å². The van der Waals surface area contributed by atoms with Crippen LogP contribution in [0.25, 0.3) is 176 Å². The topological polar surface area (TPSA) is 53.4 Å². The number of rotatable bonds is 7. The van der Waals surface area contributed by atoms with Gasteiger partial charge in [-0.25, -0.2) is 0 Å². The van der Waals surface area contributed by atoms with Crippen molar-refractivity contribution in [3.05, 3.63) is 314 Å². The molecule has 0 saturated heterocycles. The minimum Gasteiger partial charge on any atom is -0.309 e. The standard InChI is InChI=1S/C87H49F6N7/c88-86(89,90)53-41-51(42-54(44-53)87(91,92)93)71-49-85(100-82-47-57(97-76-29-13-5-21-63(76)64-22-6-14-30-77(64)97)35-39-69(82)70-40-36-58(48-83(70)100)98-78-31-15-7-23-65(78)66-24-8-16-32-79(66)98)84(43-52(71)50-94)99-80-45-55(95-72-25-9-1-17-59(72)60-18-2-10-26-73(60)95)33-37-67(80)68-38-34-56(46-81(68)99)96-74-27-11-3-19-61(74)62-20-4-12-28-75(62)96/h1-49H. The van der Waals surface area contributed by atoms with Gasteiger partial charge in [0.25, 0.3) is 0 Å². The van der Waals surface area contributed by atoms with Gasteiger partial charge in [-0.3, -0.25) is 0 Å². The predicted octanol–water partition coefficient (Wildman–Crippen LogP) is 23.8. The van der Waals surface area contributed by atoms with Crippen LogP contribution in [0.5, 0.6) is 0 Å². The van der Waals surface area contributed by atoms with Gasteiger partial charge in [0.2, 0.25) is 0 Å². The molecule has 0 amide bonds. The van der Waals surface area contributed by atoms with Gasteiger partial charge in [0.15, 0.2) is 0 Å². The number of alkyl halides is 6. The van der Waals surface area contributed by atoms with Crippen molar-refractivity contribution in [1.82, 2.24) is 27.4 Å². The van der Waals surface area contributed by atoms with Gasteiger partial charge in [-0.05, 0) is 133 Å². The Bertz CT molecular complexity index is 6390. The van der Waals surface area contributed by atoms with Crippen molar-refractivity contribution >= 4 is 131 Å². The van der Waals surface area contributed by atoms with Crippen LogP contribution in [0.4, 0.5) is 26.3 Å². The highest BCUT2D eigenvalue weighted by Crippen LogP contribution is 2.48. The molecule has 0 spiro atoms. The van der Waals surface area contributed by atoms with E-state index in [-0.39, 0.29) is 17.2 Å². The smallest absolute Gasteiger partial charge is 0.309 e. The average molecular weight is 1310 g/mol. The van der Waals surface area contributed by atoms with E-state index in [0.29, 0.717) is 33.4 Å². The lowest BCUT2D eigenvalue weighted by Crippen LogP contribution is -2.11. The molecule has 20 rings (SSSR count). The summed E-state index contributed by atoms with van der Waals surface area (Å²) in [6.07, 6.45) is -10.4. The van der Waals surface area contributed by atoms with E-state index in [2.05, 4.69) is 203 Å². The van der Waals surface area contributed by atoms with Crippen LogP contribution >= 0.6 is 0 Å². The zero-order chi connectivity index (χ0) is 67.0. The summed E-state index contributed by atoms with van der Waals surface area (Å²) in [5, 5.41) is 23.5. The Kier molecular flexibility index (Phi) is 12.0. The van der Waals surface area contributed by atoms with Crippen LogP contribution in [0, 0.1) is 11.3 Å². The summed E-state index contributed by atoms with van der Waals surface area (Å²) in [5.74, 6) is 0. The maximum Gasteiger partial charge on any atom is 0.416 e. The highest BCUT2D eigenvalue weighted by atomic mass is 19.4. The van der Waals surface area contributed by atoms with Crippen LogP contribution in [0.2, 0.25) is 0 Å². The van der Waals surface area contributed by atoms with Crippen LogP contribution in [-0.2, 0) is 12.4 Å². The summed E-state index contributed by atoms with van der Waals surface area (Å²) in [5.41, 5.74) is 10.7. The van der Waals surface area contributed by atoms with Crippen LogP contribution in [-0.4, -0.2) is 27.4 Å². The Morgan fingerprint density at radius 2 is 0.460 bits per heavy atom. The number of nitriles is 1. The SMILES string of the molecule is N#Cc1cc(-n2c3cc(-n4c5ccccc5c5ccccc54)ccc3c3ccc(-n4c5ccccc5c5ccccc54)cc32)c(-n2c3cc(-n4c5ccccc5c5ccccc54)ccc3c3ccc(-n4c5ccccc5c5ccccc54)cc32)cc1-c1cc(C(F)(F)F)cc(C(F)(F)F)c1. The fourth-order valence-electron chi connectivity index (χ4n) is 16.2. The number of benzene rings is 14. The third-order valence-corrected chi connectivity index (χ3v) is 20.4. The van der Waals surface area contributed by atoms with E-state index >= 15 is 26.3 Å². The van der Waals surface area contributed by atoms with Gasteiger partial charge in [-0.15, -0.1) is 0 Å². The zero-order valence-corrected chi connectivity index (χ0v) is 52.7. The maximum atomic E-state index is 15.3. The van der Waals surface area contributed by atoms with Gasteiger partial charge in [0, 0.05) is 92.9 Å². The largest absolute Gasteiger partial charge is 0.416 e. The molecule has 0 radical (unpaired) electrons. The number of hydrogen-bond acceptors (Lipinski definition) is 1. The molecule has 7 nitrogen and oxygen atoms in total. The van der Waals surface area contributed by atoms with E-state index in [0.717, 1.165) is 144 Å². The fraction of sp³-hybridized carbons (Fsp3) is 0.0230. The van der Waals surface area contributed by atoms with Crippen molar-refractivity contribution < 1.29 is 26.3 Å². The second kappa shape index (κ2) is 21.0. The van der Waals surface area contributed by atoms with Gasteiger partial charge in [0.1, 0.15) is 0 Å². The minimum atomic E-state index is -5.20. The van der Waals surface area contributed by atoms with E-state index in [4.69, 9.17) is 0 Å². The Hall–Kier alpha value is -13.1. The van der Waals surface area contributed by atoms with Crippen LogP contribution in [0.3, 0.4) is 0 Å². The second-order valence-corrected chi connectivity index (χ2v) is 25.7. The number of nitrogens with zero attached hydrogens (tertiary/aromatic N) is 7. The van der Waals surface area contributed by atoms with E-state index in [1.807, 2.05) is 97.1 Å². The predicted molar refractivity (Wildman–Crippen MR) is 393 cm³/mol. The summed E-state index contributed by atoms with van der Waals surface area (Å²) in [6.45, 7) is 0. The molecule has 13 heteroatoms. The zero-order valence-electron chi connectivity index (χ0n) is 52.7. The Morgan fingerprint density at radius 1 is 0.230 bits per heavy atom. The molecule has 14 aromatic carbocycles. The van der Waals surface area contributed by atoms with Crippen molar-refractivity contribution in [3.8, 4) is 51.3 Å². The van der Waals surface area contributed by atoms with Crippen LogP contribution in [0.1, 0.15) is 16.7 Å². The second-order valence-electron chi connectivity index (χ2n) is 25.7. The van der Waals surface area contributed by atoms with Gasteiger partial charge >= 0.3 is 12.4 Å². The van der Waals surface area contributed by atoms with Gasteiger partial charge in [-0.1, -0.05) is 170 Å². The van der Waals surface area contributed by atoms with Crippen molar-refractivity contribution in [2.75, 3.05) is 0 Å². The van der Waals surface area contributed by atoms with Gasteiger partial charge < -0.3 is 27.4 Å². The van der Waals surface area contributed by atoms with Crippen LogP contribution < -0.4 is 0 Å². The van der Waals surface area contributed by atoms with E-state index in [9.17, 15) is 5.26 Å². The van der Waals surface area contributed by atoms with Crippen molar-refractivity contribution in [2.45, 2.75) is 12.4 Å². The molecule has 0 aliphatic carbocycles. The molecular formula is C87H49F6N7. The monoisotopic (exact) mass is 1310 g/mol. The fourth-order valence-corrected chi connectivity index (χ4v) is 16.2. The molecule has 6 heterocycles. The number of hydrogen-bond donors (Lipinski definition) is 0. The lowest BCUT2D eigenvalue weighted by molar-refractivity contribution is -0.143. The third-order valence-electron chi connectivity index (χ3n) is 20.4. The first kappa shape index (κ1) is 57.2. The van der Waals surface area contributed by atoms with E-state index in [1.165, 1.54) is 0 Å². The molecule has 0 aliphatic rings. The number of aromatic nitrogens is 6. The molecule has 0 aliphatic heterocycles.